The minimum absolute atomic E-state index is 0.114. The monoisotopic (exact) mass is 523 g/mol. The zero-order valence-electron chi connectivity index (χ0n) is 18.8. The summed E-state index contributed by atoms with van der Waals surface area (Å²) in [6.07, 6.45) is 0.143. The maximum absolute atomic E-state index is 13.6. The summed E-state index contributed by atoms with van der Waals surface area (Å²) in [4.78, 5) is 39.3. The van der Waals surface area contributed by atoms with Crippen molar-refractivity contribution >= 4 is 33.4 Å². The molecule has 3 aromatic carbocycles. The summed E-state index contributed by atoms with van der Waals surface area (Å²) in [5, 5.41) is 14.3. The number of carbonyl (C=O) groups is 2. The van der Waals surface area contributed by atoms with Gasteiger partial charge in [-0.1, -0.05) is 76.6 Å². The van der Waals surface area contributed by atoms with Gasteiger partial charge in [-0.3, -0.25) is 19.7 Å². The zero-order chi connectivity index (χ0) is 24.5. The molecule has 0 unspecified atom stereocenters. The Morgan fingerprint density at radius 1 is 0.971 bits per heavy atom. The Balaban J connectivity index is 1.99. The minimum atomic E-state index is -0.777. The number of benzene rings is 3. The van der Waals surface area contributed by atoms with E-state index in [1.807, 2.05) is 61.5 Å². The number of likely N-dealkylation sites (N-methyl/N-ethyl adjacent to an activating group) is 1. The summed E-state index contributed by atoms with van der Waals surface area (Å²) in [5.41, 5.74) is 1.96. The maximum atomic E-state index is 13.6. The number of amides is 2. The molecule has 1 N–H and O–H groups in total. The van der Waals surface area contributed by atoms with Crippen molar-refractivity contribution in [1.82, 2.24) is 10.2 Å². The Labute approximate surface area is 207 Å². The summed E-state index contributed by atoms with van der Waals surface area (Å²) in [6, 6.07) is 22.4. The number of halogens is 1. The lowest BCUT2D eigenvalue weighted by molar-refractivity contribution is -0.385. The van der Waals surface area contributed by atoms with Gasteiger partial charge in [0.05, 0.1) is 11.3 Å². The van der Waals surface area contributed by atoms with Crippen LogP contribution in [0.5, 0.6) is 0 Å². The Morgan fingerprint density at radius 3 is 2.26 bits per heavy atom. The van der Waals surface area contributed by atoms with Crippen LogP contribution in [0.2, 0.25) is 0 Å². The molecule has 3 aromatic rings. The molecule has 0 fully saturated rings. The van der Waals surface area contributed by atoms with Gasteiger partial charge in [-0.2, -0.15) is 0 Å². The average molecular weight is 524 g/mol. The fraction of sp³-hybridized carbons (Fsp3) is 0.231. The highest BCUT2D eigenvalue weighted by atomic mass is 79.9. The van der Waals surface area contributed by atoms with Crippen LogP contribution in [-0.2, 0) is 29.0 Å². The fourth-order valence-corrected chi connectivity index (χ4v) is 4.00. The van der Waals surface area contributed by atoms with Crippen LogP contribution in [0.15, 0.2) is 83.3 Å². The van der Waals surface area contributed by atoms with Crippen molar-refractivity contribution in [3.8, 4) is 0 Å². The Hall–Kier alpha value is -3.52. The van der Waals surface area contributed by atoms with Gasteiger partial charge in [0.15, 0.2) is 0 Å². The SMILES string of the molecule is CCNC(=O)[C@@H](Cc1ccccc1)N(Cc1ccc(Br)cc1)C(=O)Cc1ccccc1[N+](=O)[O-]. The van der Waals surface area contributed by atoms with Crippen LogP contribution in [0.25, 0.3) is 0 Å². The second-order valence-corrected chi connectivity index (χ2v) is 8.73. The van der Waals surface area contributed by atoms with Crippen molar-refractivity contribution < 1.29 is 14.5 Å². The van der Waals surface area contributed by atoms with E-state index in [9.17, 15) is 19.7 Å². The molecule has 0 aliphatic heterocycles. The average Bonchev–Trinajstić information content (AvgIpc) is 2.83. The summed E-state index contributed by atoms with van der Waals surface area (Å²) >= 11 is 3.41. The predicted molar refractivity (Wildman–Crippen MR) is 134 cm³/mol. The molecule has 0 aliphatic carbocycles. The van der Waals surface area contributed by atoms with Crippen LogP contribution >= 0.6 is 15.9 Å². The van der Waals surface area contributed by atoms with Crippen molar-refractivity contribution in [1.29, 1.82) is 0 Å². The molecule has 0 bridgehead atoms. The number of nitrogens with one attached hydrogen (secondary N) is 1. The third kappa shape index (κ3) is 6.74. The summed E-state index contributed by atoms with van der Waals surface area (Å²) in [5.74, 6) is -0.622. The van der Waals surface area contributed by atoms with Crippen LogP contribution in [0.3, 0.4) is 0 Å². The fourth-order valence-electron chi connectivity index (χ4n) is 3.74. The Kier molecular flexibility index (Phi) is 8.93. The van der Waals surface area contributed by atoms with Crippen LogP contribution in [0.4, 0.5) is 5.69 Å². The molecule has 1 atom stereocenters. The maximum Gasteiger partial charge on any atom is 0.273 e. The lowest BCUT2D eigenvalue weighted by Crippen LogP contribution is -2.51. The standard InChI is InChI=1S/C26H26BrN3O4/c1-2-28-26(32)24(16-19-8-4-3-5-9-19)29(18-20-12-14-22(27)15-13-20)25(31)17-21-10-6-7-11-23(21)30(33)34/h3-15,24H,2,16-18H2,1H3,(H,28,32)/t24-/m1/s1. The van der Waals surface area contributed by atoms with Gasteiger partial charge in [0.25, 0.3) is 5.69 Å². The van der Waals surface area contributed by atoms with E-state index in [2.05, 4.69) is 21.2 Å². The van der Waals surface area contributed by atoms with Crippen LogP contribution in [-0.4, -0.2) is 34.2 Å². The summed E-state index contributed by atoms with van der Waals surface area (Å²) in [6.45, 7) is 2.45. The molecule has 0 heterocycles. The number of para-hydroxylation sites is 1. The van der Waals surface area contributed by atoms with E-state index >= 15 is 0 Å². The second kappa shape index (κ2) is 12.1. The van der Waals surface area contributed by atoms with E-state index < -0.39 is 11.0 Å². The van der Waals surface area contributed by atoms with E-state index in [0.717, 1.165) is 15.6 Å². The number of hydrogen-bond acceptors (Lipinski definition) is 4. The van der Waals surface area contributed by atoms with E-state index in [-0.39, 0.29) is 30.5 Å². The molecule has 176 valence electrons. The second-order valence-electron chi connectivity index (χ2n) is 7.81. The van der Waals surface area contributed by atoms with Crippen molar-refractivity contribution in [2.75, 3.05) is 6.54 Å². The lowest BCUT2D eigenvalue weighted by Gasteiger charge is -2.31. The first kappa shape index (κ1) is 25.1. The molecule has 3 rings (SSSR count). The third-order valence-corrected chi connectivity index (χ3v) is 5.95. The zero-order valence-corrected chi connectivity index (χ0v) is 20.4. The number of hydrogen-bond donors (Lipinski definition) is 1. The number of rotatable bonds is 10. The van der Waals surface area contributed by atoms with Gasteiger partial charge in [0.1, 0.15) is 6.04 Å². The summed E-state index contributed by atoms with van der Waals surface area (Å²) in [7, 11) is 0. The molecule has 0 aromatic heterocycles. The first-order chi connectivity index (χ1) is 16.4. The predicted octanol–water partition coefficient (Wildman–Crippen LogP) is 4.68. The number of nitro groups is 1. The molecule has 0 saturated heterocycles. The molecule has 0 aliphatic rings. The van der Waals surface area contributed by atoms with Gasteiger partial charge in [0, 0.05) is 35.6 Å². The van der Waals surface area contributed by atoms with Gasteiger partial charge in [-0.05, 0) is 30.2 Å². The molecule has 0 radical (unpaired) electrons. The molecule has 2 amide bonds. The van der Waals surface area contributed by atoms with Crippen molar-refractivity contribution in [2.45, 2.75) is 32.4 Å². The first-order valence-electron chi connectivity index (χ1n) is 11.0. The topological polar surface area (TPSA) is 92.6 Å². The third-order valence-electron chi connectivity index (χ3n) is 5.42. The Morgan fingerprint density at radius 2 is 1.62 bits per heavy atom. The van der Waals surface area contributed by atoms with E-state index in [1.54, 1.807) is 18.2 Å². The lowest BCUT2D eigenvalue weighted by atomic mass is 10.0. The molecule has 0 saturated carbocycles. The normalized spacial score (nSPS) is 11.5. The largest absolute Gasteiger partial charge is 0.355 e. The van der Waals surface area contributed by atoms with Crippen molar-refractivity contribution in [2.24, 2.45) is 0 Å². The van der Waals surface area contributed by atoms with E-state index in [1.165, 1.54) is 11.0 Å². The highest BCUT2D eigenvalue weighted by Gasteiger charge is 2.31. The smallest absolute Gasteiger partial charge is 0.273 e. The highest BCUT2D eigenvalue weighted by molar-refractivity contribution is 9.10. The number of nitro benzene ring substituents is 1. The quantitative estimate of drug-likeness (QED) is 0.308. The highest BCUT2D eigenvalue weighted by Crippen LogP contribution is 2.22. The summed E-state index contributed by atoms with van der Waals surface area (Å²) < 4.78 is 0.901. The van der Waals surface area contributed by atoms with Crippen molar-refractivity contribution in [3.63, 3.8) is 0 Å². The molecular formula is C26H26BrN3O4. The number of nitrogens with zero attached hydrogens (tertiary/aromatic N) is 2. The van der Waals surface area contributed by atoms with E-state index in [4.69, 9.17) is 0 Å². The van der Waals surface area contributed by atoms with Crippen LogP contribution in [0.1, 0.15) is 23.6 Å². The van der Waals surface area contributed by atoms with Gasteiger partial charge in [-0.15, -0.1) is 0 Å². The van der Waals surface area contributed by atoms with Gasteiger partial charge >= 0.3 is 0 Å². The van der Waals surface area contributed by atoms with Gasteiger partial charge in [-0.25, -0.2) is 0 Å². The van der Waals surface area contributed by atoms with Gasteiger partial charge in [0.2, 0.25) is 11.8 Å². The molecule has 8 heteroatoms. The molecular weight excluding hydrogens is 498 g/mol. The molecule has 0 spiro atoms. The van der Waals surface area contributed by atoms with Crippen LogP contribution < -0.4 is 5.32 Å². The molecule has 34 heavy (non-hydrogen) atoms. The minimum Gasteiger partial charge on any atom is -0.355 e. The Bertz CT molecular complexity index is 1140. The number of carbonyl (C=O) groups excluding carboxylic acids is 2. The van der Waals surface area contributed by atoms with E-state index in [0.29, 0.717) is 18.5 Å². The van der Waals surface area contributed by atoms with Crippen LogP contribution in [0, 0.1) is 10.1 Å². The molecule has 7 nitrogen and oxygen atoms in total. The first-order valence-corrected chi connectivity index (χ1v) is 11.8. The van der Waals surface area contributed by atoms with Crippen molar-refractivity contribution in [3.05, 3.63) is 110 Å². The van der Waals surface area contributed by atoms with Gasteiger partial charge < -0.3 is 10.2 Å².